The monoisotopic (exact) mass is 681 g/mol. The molecule has 4 aliphatic rings. The maximum absolute atomic E-state index is 13.9. The first-order valence-corrected chi connectivity index (χ1v) is 17.3. The first-order valence-electron chi connectivity index (χ1n) is 17.3. The Morgan fingerprint density at radius 2 is 1.96 bits per heavy atom. The number of hydrogen-bond acceptors (Lipinski definition) is 11. The van der Waals surface area contributed by atoms with Crippen LogP contribution >= 0.6 is 0 Å². The molecule has 0 radical (unpaired) electrons. The van der Waals surface area contributed by atoms with Crippen molar-refractivity contribution in [3.63, 3.8) is 0 Å². The van der Waals surface area contributed by atoms with Crippen LogP contribution in [0.4, 0.5) is 23.0 Å². The average molecular weight is 682 g/mol. The summed E-state index contributed by atoms with van der Waals surface area (Å²) in [6.45, 7) is 11.9. The minimum atomic E-state index is -0.630. The van der Waals surface area contributed by atoms with Gasteiger partial charge < -0.3 is 29.4 Å². The fourth-order valence-electron chi connectivity index (χ4n) is 7.92. The number of pyridine rings is 2. The number of nitrogens with zero attached hydrogens (tertiary/aromatic N) is 8. The van der Waals surface area contributed by atoms with Crippen LogP contribution < -0.4 is 15.1 Å². The summed E-state index contributed by atoms with van der Waals surface area (Å²) in [5.41, 5.74) is 5.67. The van der Waals surface area contributed by atoms with E-state index in [1.807, 2.05) is 24.4 Å². The van der Waals surface area contributed by atoms with Crippen LogP contribution in [0.5, 0.6) is 0 Å². The Hall–Kier alpha value is -4.79. The van der Waals surface area contributed by atoms with Gasteiger partial charge >= 0.3 is 5.97 Å². The topological polar surface area (TPSA) is 143 Å². The molecule has 8 rings (SSSR count). The minimum absolute atomic E-state index is 0.0506. The molecule has 1 atom stereocenters. The summed E-state index contributed by atoms with van der Waals surface area (Å²) in [4.78, 5) is 42.5. The third kappa shape index (κ3) is 5.60. The van der Waals surface area contributed by atoms with Crippen LogP contribution in [0.15, 0.2) is 42.9 Å². The quantitative estimate of drug-likeness (QED) is 0.265. The molecular formula is C36H43N9O5. The molecule has 0 bridgehead atoms. The van der Waals surface area contributed by atoms with Crippen LogP contribution in [-0.4, -0.2) is 105 Å². The number of methoxy groups -OCH3 is 1. The maximum Gasteiger partial charge on any atom is 0.360 e. The van der Waals surface area contributed by atoms with Crippen LogP contribution in [0.3, 0.4) is 0 Å². The minimum Gasteiger partial charge on any atom is -0.464 e. The Bertz CT molecular complexity index is 1950. The van der Waals surface area contributed by atoms with Gasteiger partial charge in [-0.25, -0.2) is 19.4 Å². The van der Waals surface area contributed by atoms with Crippen molar-refractivity contribution in [1.82, 2.24) is 29.2 Å². The van der Waals surface area contributed by atoms with E-state index in [0.29, 0.717) is 59.4 Å². The number of fused-ring (bicyclic) bond motifs is 3. The van der Waals surface area contributed by atoms with Crippen LogP contribution in [-0.2, 0) is 35.5 Å². The molecule has 4 aromatic heterocycles. The number of carbonyl (C=O) groups is 2. The molecule has 4 aromatic rings. The van der Waals surface area contributed by atoms with Gasteiger partial charge in [-0.3, -0.25) is 14.6 Å². The number of hydrogen-bond donors (Lipinski definition) is 2. The Morgan fingerprint density at radius 3 is 2.66 bits per heavy atom. The number of amides is 1. The molecule has 3 aliphatic heterocycles. The van der Waals surface area contributed by atoms with Crippen LogP contribution in [0.2, 0.25) is 0 Å². The van der Waals surface area contributed by atoms with Gasteiger partial charge in [0.05, 0.1) is 62.4 Å². The van der Waals surface area contributed by atoms with Crippen molar-refractivity contribution in [2.45, 2.75) is 58.8 Å². The molecule has 0 spiro atoms. The van der Waals surface area contributed by atoms with Gasteiger partial charge in [-0.05, 0) is 55.0 Å². The average Bonchev–Trinajstić information content (AvgIpc) is 3.74. The van der Waals surface area contributed by atoms with E-state index in [9.17, 15) is 14.7 Å². The fraction of sp³-hybridized carbons (Fsp3) is 0.472. The smallest absolute Gasteiger partial charge is 0.360 e. The van der Waals surface area contributed by atoms with Crippen molar-refractivity contribution in [3.8, 4) is 5.69 Å². The molecule has 1 amide bonds. The van der Waals surface area contributed by atoms with E-state index in [-0.39, 0.29) is 17.0 Å². The number of ether oxygens (including phenoxy) is 2. The van der Waals surface area contributed by atoms with Crippen molar-refractivity contribution in [3.05, 3.63) is 71.1 Å². The van der Waals surface area contributed by atoms with Crippen LogP contribution in [0.1, 0.15) is 58.6 Å². The number of rotatable bonds is 8. The largest absolute Gasteiger partial charge is 0.464 e. The summed E-state index contributed by atoms with van der Waals surface area (Å²) in [6, 6.07) is 8.48. The van der Waals surface area contributed by atoms with Gasteiger partial charge in [-0.15, -0.1) is 0 Å². The number of nitrogens with one attached hydrogen (secondary N) is 1. The van der Waals surface area contributed by atoms with Crippen molar-refractivity contribution in [2.24, 2.45) is 5.41 Å². The number of esters is 1. The Labute approximate surface area is 290 Å². The summed E-state index contributed by atoms with van der Waals surface area (Å²) in [7, 11) is 1.30. The molecule has 14 heteroatoms. The number of carbonyl (C=O) groups excluding carboxylic acids is 2. The second kappa shape index (κ2) is 12.5. The lowest BCUT2D eigenvalue weighted by Gasteiger charge is -2.46. The van der Waals surface area contributed by atoms with Crippen molar-refractivity contribution < 1.29 is 24.2 Å². The van der Waals surface area contributed by atoms with Crippen LogP contribution in [0, 0.1) is 5.41 Å². The highest BCUT2D eigenvalue weighted by Crippen LogP contribution is 2.40. The van der Waals surface area contributed by atoms with Gasteiger partial charge in [0.15, 0.2) is 5.69 Å². The SMILES string of the molecule is COC(=O)c1nn(-c2ccnc(N3CCn4c(cc5c4CC(C)(C)C5)C3=O)c2CO)cc1Nc1ccc(N2CCN(C3COC3)C[C@@H]2C)cn1. The second-order valence-electron chi connectivity index (χ2n) is 14.5. The first kappa shape index (κ1) is 32.4. The Morgan fingerprint density at radius 1 is 1.12 bits per heavy atom. The lowest BCUT2D eigenvalue weighted by Crippen LogP contribution is -2.59. The molecule has 262 valence electrons. The van der Waals surface area contributed by atoms with E-state index < -0.39 is 12.6 Å². The number of piperazine rings is 1. The predicted octanol–water partition coefficient (Wildman–Crippen LogP) is 3.18. The van der Waals surface area contributed by atoms with E-state index in [0.717, 1.165) is 51.4 Å². The summed E-state index contributed by atoms with van der Waals surface area (Å²) >= 11 is 0. The lowest BCUT2D eigenvalue weighted by molar-refractivity contribution is -0.0691. The highest BCUT2D eigenvalue weighted by Gasteiger charge is 2.38. The van der Waals surface area contributed by atoms with E-state index in [1.165, 1.54) is 23.0 Å². The number of anilines is 4. The number of aliphatic hydroxyl groups is 1. The molecule has 1 aliphatic carbocycles. The molecule has 14 nitrogen and oxygen atoms in total. The molecular weight excluding hydrogens is 638 g/mol. The van der Waals surface area contributed by atoms with Gasteiger partial charge in [0.25, 0.3) is 5.91 Å². The van der Waals surface area contributed by atoms with E-state index in [2.05, 4.69) is 55.5 Å². The molecule has 2 fully saturated rings. The summed E-state index contributed by atoms with van der Waals surface area (Å²) in [6.07, 6.45) is 6.96. The summed E-state index contributed by atoms with van der Waals surface area (Å²) in [5, 5.41) is 18.4. The molecule has 2 saturated heterocycles. The normalized spacial score (nSPS) is 20.4. The zero-order valence-electron chi connectivity index (χ0n) is 28.9. The lowest BCUT2D eigenvalue weighted by atomic mass is 9.90. The Balaban J connectivity index is 1.04. The zero-order valence-corrected chi connectivity index (χ0v) is 28.9. The number of aliphatic hydroxyl groups excluding tert-OH is 1. The maximum atomic E-state index is 13.9. The van der Waals surface area contributed by atoms with Crippen molar-refractivity contribution in [2.75, 3.05) is 61.6 Å². The first-order chi connectivity index (χ1) is 24.1. The predicted molar refractivity (Wildman–Crippen MR) is 186 cm³/mol. The zero-order chi connectivity index (χ0) is 34.7. The van der Waals surface area contributed by atoms with Gasteiger partial charge in [0.2, 0.25) is 0 Å². The van der Waals surface area contributed by atoms with E-state index in [4.69, 9.17) is 9.47 Å². The van der Waals surface area contributed by atoms with Gasteiger partial charge in [0.1, 0.15) is 17.3 Å². The molecule has 0 aromatic carbocycles. The van der Waals surface area contributed by atoms with Crippen molar-refractivity contribution >= 4 is 34.9 Å². The molecule has 0 unspecified atom stereocenters. The molecule has 50 heavy (non-hydrogen) atoms. The van der Waals surface area contributed by atoms with Crippen LogP contribution in [0.25, 0.3) is 5.69 Å². The number of aromatic nitrogens is 5. The van der Waals surface area contributed by atoms with E-state index >= 15 is 0 Å². The fourth-order valence-corrected chi connectivity index (χ4v) is 7.92. The molecule has 7 heterocycles. The van der Waals surface area contributed by atoms with E-state index in [1.54, 1.807) is 23.4 Å². The summed E-state index contributed by atoms with van der Waals surface area (Å²) in [5.74, 6) is 0.112. The Kier molecular flexibility index (Phi) is 8.11. The summed E-state index contributed by atoms with van der Waals surface area (Å²) < 4.78 is 14.1. The highest BCUT2D eigenvalue weighted by molar-refractivity contribution is 6.06. The second-order valence-corrected chi connectivity index (χ2v) is 14.5. The third-order valence-corrected chi connectivity index (χ3v) is 10.5. The molecule has 0 saturated carbocycles. The molecule has 2 N–H and O–H groups in total. The third-order valence-electron chi connectivity index (χ3n) is 10.5. The van der Waals surface area contributed by atoms with Crippen molar-refractivity contribution in [1.29, 1.82) is 0 Å². The van der Waals surface area contributed by atoms with Gasteiger partial charge in [-0.2, -0.15) is 5.10 Å². The van der Waals surface area contributed by atoms with Gasteiger partial charge in [0, 0.05) is 56.2 Å². The van der Waals surface area contributed by atoms with Gasteiger partial charge in [-0.1, -0.05) is 13.8 Å². The highest BCUT2D eigenvalue weighted by atomic mass is 16.5. The standard InChI is InChI=1S/C36H43N9O5/c1-22-17-41(25-20-50-21-25)9-10-42(22)24-5-6-31(38-16-24)39-27-18-45(40-32(27)35(48)49-4)28-7-8-37-33(26(28)19-46)44-12-11-43-29(34(44)47)13-23-14-36(2,3)15-30(23)43/h5-8,13,16,18,22,25,46H,9-12,14-15,17,19-21H2,1-4H3,(H,38,39)/t22-/m0/s1.